The number of hydrogen-bond donors (Lipinski definition) is 0. The van der Waals surface area contributed by atoms with E-state index in [1.807, 2.05) is 24.3 Å². The molecule has 0 aliphatic carbocycles. The number of carbonyl (C=O) groups is 1. The van der Waals surface area contributed by atoms with E-state index in [9.17, 15) is 18.0 Å². The highest BCUT2D eigenvalue weighted by Crippen LogP contribution is 2.37. The summed E-state index contributed by atoms with van der Waals surface area (Å²) in [6.45, 7) is 2.00. The van der Waals surface area contributed by atoms with E-state index in [1.54, 1.807) is 11.0 Å². The van der Waals surface area contributed by atoms with Crippen LogP contribution in [0.1, 0.15) is 35.2 Å². The molecule has 2 aromatic carbocycles. The minimum Gasteiger partial charge on any atom is -0.335 e. The molecule has 2 nitrogen and oxygen atoms in total. The van der Waals surface area contributed by atoms with Gasteiger partial charge in [-0.2, -0.15) is 13.2 Å². The molecular formula is C19H18F3NO. The van der Waals surface area contributed by atoms with Crippen molar-refractivity contribution in [2.45, 2.75) is 32.0 Å². The van der Waals surface area contributed by atoms with Crippen LogP contribution in [0.2, 0.25) is 0 Å². The van der Waals surface area contributed by atoms with Crippen molar-refractivity contribution in [3.05, 3.63) is 70.8 Å². The first-order chi connectivity index (χ1) is 11.4. The van der Waals surface area contributed by atoms with E-state index in [4.69, 9.17) is 0 Å². The summed E-state index contributed by atoms with van der Waals surface area (Å²) in [6, 6.07) is 12.9. The van der Waals surface area contributed by atoms with Gasteiger partial charge in [-0.15, -0.1) is 0 Å². The fourth-order valence-electron chi connectivity index (χ4n) is 3.43. The molecular weight excluding hydrogens is 315 g/mol. The van der Waals surface area contributed by atoms with Crippen molar-refractivity contribution in [2.75, 3.05) is 6.54 Å². The van der Waals surface area contributed by atoms with E-state index in [2.05, 4.69) is 0 Å². The smallest absolute Gasteiger partial charge is 0.335 e. The molecule has 0 saturated heterocycles. The Bertz CT molecular complexity index is 754. The number of halogens is 3. The zero-order chi connectivity index (χ0) is 17.3. The van der Waals surface area contributed by atoms with Crippen LogP contribution < -0.4 is 0 Å². The lowest BCUT2D eigenvalue weighted by atomic mass is 9.87. The van der Waals surface area contributed by atoms with Crippen LogP contribution in [-0.4, -0.2) is 17.4 Å². The third-order valence-electron chi connectivity index (χ3n) is 4.55. The van der Waals surface area contributed by atoms with Gasteiger partial charge in [-0.25, -0.2) is 0 Å². The molecule has 0 spiro atoms. The molecule has 0 bridgehead atoms. The highest BCUT2D eigenvalue weighted by molar-refractivity contribution is 5.74. The van der Waals surface area contributed by atoms with Crippen molar-refractivity contribution < 1.29 is 18.0 Å². The first-order valence-corrected chi connectivity index (χ1v) is 7.88. The van der Waals surface area contributed by atoms with E-state index < -0.39 is 11.7 Å². The molecule has 0 aromatic heterocycles. The van der Waals surface area contributed by atoms with Crippen LogP contribution in [0.25, 0.3) is 0 Å². The second kappa shape index (κ2) is 6.30. The Kier molecular flexibility index (Phi) is 4.35. The molecule has 1 heterocycles. The lowest BCUT2D eigenvalue weighted by molar-refractivity contribution is -0.138. The third-order valence-corrected chi connectivity index (χ3v) is 4.55. The average molecular weight is 333 g/mol. The van der Waals surface area contributed by atoms with Gasteiger partial charge in [-0.1, -0.05) is 42.5 Å². The minimum absolute atomic E-state index is 0.112. The summed E-state index contributed by atoms with van der Waals surface area (Å²) in [5.41, 5.74) is 1.63. The third kappa shape index (κ3) is 3.16. The maximum atomic E-state index is 13.3. The lowest BCUT2D eigenvalue weighted by Crippen LogP contribution is -2.40. The van der Waals surface area contributed by atoms with Crippen molar-refractivity contribution in [3.8, 4) is 0 Å². The number of amides is 1. The van der Waals surface area contributed by atoms with Gasteiger partial charge >= 0.3 is 6.18 Å². The van der Waals surface area contributed by atoms with Gasteiger partial charge < -0.3 is 4.90 Å². The molecule has 1 amide bonds. The van der Waals surface area contributed by atoms with Crippen LogP contribution >= 0.6 is 0 Å². The molecule has 0 fully saturated rings. The predicted octanol–water partition coefficient (Wildman–Crippen LogP) is 4.39. The molecule has 0 N–H and O–H groups in total. The zero-order valence-corrected chi connectivity index (χ0v) is 13.3. The molecule has 0 saturated carbocycles. The van der Waals surface area contributed by atoms with Crippen molar-refractivity contribution >= 4 is 5.91 Å². The van der Waals surface area contributed by atoms with E-state index in [-0.39, 0.29) is 23.9 Å². The van der Waals surface area contributed by atoms with Gasteiger partial charge in [-0.3, -0.25) is 4.79 Å². The fourth-order valence-corrected chi connectivity index (χ4v) is 3.43. The summed E-state index contributed by atoms with van der Waals surface area (Å²) in [7, 11) is 0. The monoisotopic (exact) mass is 333 g/mol. The van der Waals surface area contributed by atoms with Crippen LogP contribution in [-0.2, 0) is 23.8 Å². The fraction of sp³-hybridized carbons (Fsp3) is 0.316. The first kappa shape index (κ1) is 16.6. The molecule has 5 heteroatoms. The Hall–Kier alpha value is -2.30. The Labute approximate surface area is 138 Å². The Morgan fingerprint density at radius 2 is 1.79 bits per heavy atom. The summed E-state index contributed by atoms with van der Waals surface area (Å²) in [5.74, 6) is -0.112. The number of hydrogen-bond acceptors (Lipinski definition) is 1. The Morgan fingerprint density at radius 1 is 1.12 bits per heavy atom. The van der Waals surface area contributed by atoms with Gasteiger partial charge in [-0.05, 0) is 35.6 Å². The van der Waals surface area contributed by atoms with Crippen LogP contribution in [0, 0.1) is 0 Å². The van der Waals surface area contributed by atoms with Gasteiger partial charge in [0, 0.05) is 13.5 Å². The van der Waals surface area contributed by atoms with Crippen molar-refractivity contribution in [3.63, 3.8) is 0 Å². The number of nitrogens with zero attached hydrogens (tertiary/aromatic N) is 1. The van der Waals surface area contributed by atoms with Crippen molar-refractivity contribution in [1.82, 2.24) is 4.90 Å². The van der Waals surface area contributed by atoms with E-state index >= 15 is 0 Å². The maximum absolute atomic E-state index is 13.3. The molecule has 3 rings (SSSR count). The number of fused-ring (bicyclic) bond motifs is 1. The largest absolute Gasteiger partial charge is 0.416 e. The highest BCUT2D eigenvalue weighted by Gasteiger charge is 2.35. The van der Waals surface area contributed by atoms with Crippen LogP contribution in [0.3, 0.4) is 0 Å². The predicted molar refractivity (Wildman–Crippen MR) is 85.4 cm³/mol. The summed E-state index contributed by atoms with van der Waals surface area (Å²) in [5, 5.41) is 0. The van der Waals surface area contributed by atoms with Crippen molar-refractivity contribution in [1.29, 1.82) is 0 Å². The highest BCUT2D eigenvalue weighted by atomic mass is 19.4. The molecule has 1 aliphatic heterocycles. The van der Waals surface area contributed by atoms with E-state index in [0.29, 0.717) is 6.54 Å². The van der Waals surface area contributed by atoms with E-state index in [0.717, 1.165) is 23.6 Å². The standard InChI is InChI=1S/C19H18F3NO/c1-13(24)23-11-10-14-6-2-4-8-16(14)18(23)12-15-7-3-5-9-17(15)19(20,21)22/h2-9,18H,10-12H2,1H3. The average Bonchev–Trinajstić information content (AvgIpc) is 2.54. The zero-order valence-electron chi connectivity index (χ0n) is 13.3. The molecule has 1 atom stereocenters. The summed E-state index contributed by atoms with van der Waals surface area (Å²) in [6.07, 6.45) is -3.51. The summed E-state index contributed by atoms with van der Waals surface area (Å²) in [4.78, 5) is 13.7. The normalized spacial score (nSPS) is 17.5. The molecule has 1 unspecified atom stereocenters. The first-order valence-electron chi connectivity index (χ1n) is 7.88. The lowest BCUT2D eigenvalue weighted by Gasteiger charge is -2.37. The summed E-state index contributed by atoms with van der Waals surface area (Å²) >= 11 is 0. The molecule has 0 radical (unpaired) electrons. The minimum atomic E-state index is -4.40. The summed E-state index contributed by atoms with van der Waals surface area (Å²) < 4.78 is 39.8. The van der Waals surface area contributed by atoms with Crippen LogP contribution in [0.5, 0.6) is 0 Å². The van der Waals surface area contributed by atoms with Gasteiger partial charge in [0.2, 0.25) is 5.91 Å². The Morgan fingerprint density at radius 3 is 2.50 bits per heavy atom. The number of rotatable bonds is 2. The van der Waals surface area contributed by atoms with E-state index in [1.165, 1.54) is 19.1 Å². The van der Waals surface area contributed by atoms with Gasteiger partial charge in [0.1, 0.15) is 0 Å². The van der Waals surface area contributed by atoms with Gasteiger partial charge in [0.25, 0.3) is 0 Å². The quantitative estimate of drug-likeness (QED) is 0.798. The maximum Gasteiger partial charge on any atom is 0.416 e. The number of benzene rings is 2. The molecule has 1 aliphatic rings. The molecule has 2 aromatic rings. The van der Waals surface area contributed by atoms with Crippen LogP contribution in [0.15, 0.2) is 48.5 Å². The van der Waals surface area contributed by atoms with Gasteiger partial charge in [0.15, 0.2) is 0 Å². The van der Waals surface area contributed by atoms with Crippen molar-refractivity contribution in [2.24, 2.45) is 0 Å². The molecule has 24 heavy (non-hydrogen) atoms. The van der Waals surface area contributed by atoms with Gasteiger partial charge in [0.05, 0.1) is 11.6 Å². The topological polar surface area (TPSA) is 20.3 Å². The Balaban J connectivity index is 2.03. The SMILES string of the molecule is CC(=O)N1CCc2ccccc2C1Cc1ccccc1C(F)(F)F. The number of alkyl halides is 3. The number of carbonyl (C=O) groups excluding carboxylic acids is 1. The second-order valence-electron chi connectivity index (χ2n) is 6.04. The second-order valence-corrected chi connectivity index (χ2v) is 6.04. The van der Waals surface area contributed by atoms with Crippen LogP contribution in [0.4, 0.5) is 13.2 Å². The molecule has 126 valence electrons.